The van der Waals surface area contributed by atoms with E-state index in [1.165, 1.54) is 18.3 Å². The first-order valence-electron chi connectivity index (χ1n) is 10.3. The molecule has 2 heterocycles. The molecule has 3 aromatic rings. The molecule has 0 saturated carbocycles. The standard InChI is InChI=1S/C24H23N3O6/c1-24(2,3)16-6-10-20-21(12-16)33-22(14-31-20)23(28)26-25-13-18-9-11-19(32-18)15-4-7-17(8-5-15)27(29)30/h4-13,22H,14H2,1-3H3,(H,26,28)/b25-13+/t22-/m0/s1. The lowest BCUT2D eigenvalue weighted by molar-refractivity contribution is -0.384. The van der Waals surface area contributed by atoms with Gasteiger partial charge in [-0.05, 0) is 47.4 Å². The van der Waals surface area contributed by atoms with Crippen LogP contribution in [0.15, 0.2) is 64.1 Å². The van der Waals surface area contributed by atoms with Crippen molar-refractivity contribution >= 4 is 17.8 Å². The van der Waals surface area contributed by atoms with Crippen LogP contribution in [-0.2, 0) is 10.2 Å². The molecule has 1 N–H and O–H groups in total. The van der Waals surface area contributed by atoms with Crippen LogP contribution in [0.1, 0.15) is 32.1 Å². The van der Waals surface area contributed by atoms with Crippen molar-refractivity contribution in [1.29, 1.82) is 0 Å². The van der Waals surface area contributed by atoms with Gasteiger partial charge in [0, 0.05) is 17.7 Å². The largest absolute Gasteiger partial charge is 0.485 e. The number of hydrazone groups is 1. The fraction of sp³-hybridized carbons (Fsp3) is 0.250. The molecule has 1 aromatic heterocycles. The van der Waals surface area contributed by atoms with Crippen molar-refractivity contribution in [3.63, 3.8) is 0 Å². The van der Waals surface area contributed by atoms with Gasteiger partial charge in [-0.15, -0.1) is 0 Å². The Bertz CT molecular complexity index is 1210. The van der Waals surface area contributed by atoms with Crippen molar-refractivity contribution in [2.75, 3.05) is 6.61 Å². The summed E-state index contributed by atoms with van der Waals surface area (Å²) >= 11 is 0. The zero-order valence-corrected chi connectivity index (χ0v) is 18.4. The van der Waals surface area contributed by atoms with Gasteiger partial charge in [-0.2, -0.15) is 5.10 Å². The fourth-order valence-electron chi connectivity index (χ4n) is 3.22. The number of hydrogen-bond donors (Lipinski definition) is 1. The average Bonchev–Trinajstić information content (AvgIpc) is 3.26. The first-order valence-corrected chi connectivity index (χ1v) is 10.3. The summed E-state index contributed by atoms with van der Waals surface area (Å²) in [5, 5.41) is 14.7. The van der Waals surface area contributed by atoms with Crippen LogP contribution in [0.25, 0.3) is 11.3 Å². The zero-order chi connectivity index (χ0) is 23.6. The number of benzene rings is 2. The summed E-state index contributed by atoms with van der Waals surface area (Å²) in [6, 6.07) is 15.1. The number of fused-ring (bicyclic) bond motifs is 1. The number of rotatable bonds is 5. The molecule has 33 heavy (non-hydrogen) atoms. The quantitative estimate of drug-likeness (QED) is 0.350. The lowest BCUT2D eigenvalue weighted by Gasteiger charge is -2.27. The predicted molar refractivity (Wildman–Crippen MR) is 122 cm³/mol. The number of ether oxygens (including phenoxy) is 2. The summed E-state index contributed by atoms with van der Waals surface area (Å²) in [4.78, 5) is 22.8. The molecule has 1 aliphatic rings. The van der Waals surface area contributed by atoms with Crippen molar-refractivity contribution in [2.45, 2.75) is 32.3 Å². The number of hydrogen-bond acceptors (Lipinski definition) is 7. The first kappa shape index (κ1) is 22.1. The number of furan rings is 1. The molecular formula is C24H23N3O6. The number of nitro benzene ring substituents is 1. The molecule has 170 valence electrons. The molecule has 0 fully saturated rings. The molecule has 0 radical (unpaired) electrons. The van der Waals surface area contributed by atoms with E-state index in [-0.39, 0.29) is 17.7 Å². The van der Waals surface area contributed by atoms with E-state index in [1.807, 2.05) is 18.2 Å². The Morgan fingerprint density at radius 2 is 1.88 bits per heavy atom. The van der Waals surface area contributed by atoms with Gasteiger partial charge < -0.3 is 13.9 Å². The van der Waals surface area contributed by atoms with E-state index < -0.39 is 16.9 Å². The Kier molecular flexibility index (Phi) is 5.87. The highest BCUT2D eigenvalue weighted by atomic mass is 16.6. The summed E-state index contributed by atoms with van der Waals surface area (Å²) in [5.74, 6) is 1.61. The molecule has 9 nitrogen and oxygen atoms in total. The molecule has 1 amide bonds. The van der Waals surface area contributed by atoms with Crippen LogP contribution in [0, 0.1) is 10.1 Å². The van der Waals surface area contributed by atoms with Crippen LogP contribution < -0.4 is 14.9 Å². The molecule has 0 saturated heterocycles. The molecule has 0 spiro atoms. The number of nitrogens with one attached hydrogen (secondary N) is 1. The van der Waals surface area contributed by atoms with Crippen molar-refractivity contribution in [3.8, 4) is 22.8 Å². The summed E-state index contributed by atoms with van der Waals surface area (Å²) in [6.45, 7) is 6.37. The van der Waals surface area contributed by atoms with Crippen LogP contribution in [0.3, 0.4) is 0 Å². The second-order valence-corrected chi connectivity index (χ2v) is 8.57. The lowest BCUT2D eigenvalue weighted by Crippen LogP contribution is -2.42. The maximum absolute atomic E-state index is 12.5. The minimum Gasteiger partial charge on any atom is -0.485 e. The summed E-state index contributed by atoms with van der Waals surface area (Å²) in [6.07, 6.45) is 0.527. The van der Waals surface area contributed by atoms with Crippen LogP contribution >= 0.6 is 0 Å². The van der Waals surface area contributed by atoms with Crippen molar-refractivity contribution in [3.05, 3.63) is 76.0 Å². The highest BCUT2D eigenvalue weighted by molar-refractivity contribution is 5.84. The van der Waals surface area contributed by atoms with Crippen molar-refractivity contribution in [1.82, 2.24) is 5.43 Å². The highest BCUT2D eigenvalue weighted by Crippen LogP contribution is 2.36. The summed E-state index contributed by atoms with van der Waals surface area (Å²) < 4.78 is 17.2. The Morgan fingerprint density at radius 3 is 2.58 bits per heavy atom. The van der Waals surface area contributed by atoms with Crippen LogP contribution in [-0.4, -0.2) is 29.8 Å². The SMILES string of the molecule is CC(C)(C)c1ccc2c(c1)O[C@H](C(=O)N/N=C/c1ccc(-c3ccc([N+](=O)[O-])cc3)o1)CO2. The van der Waals surface area contributed by atoms with Gasteiger partial charge in [0.2, 0.25) is 6.10 Å². The normalized spacial score (nSPS) is 15.4. The van der Waals surface area contributed by atoms with Crippen molar-refractivity contribution < 1.29 is 23.6 Å². The van der Waals surface area contributed by atoms with Gasteiger partial charge in [0.25, 0.3) is 11.6 Å². The third kappa shape index (κ3) is 5.03. The van der Waals surface area contributed by atoms with E-state index in [2.05, 4.69) is 31.3 Å². The molecule has 1 atom stereocenters. The average molecular weight is 449 g/mol. The maximum Gasteiger partial charge on any atom is 0.284 e. The van der Waals surface area contributed by atoms with Crippen molar-refractivity contribution in [2.24, 2.45) is 5.10 Å². The number of carbonyl (C=O) groups excluding carboxylic acids is 1. The lowest BCUT2D eigenvalue weighted by atomic mass is 9.87. The third-order valence-electron chi connectivity index (χ3n) is 5.12. The number of amides is 1. The zero-order valence-electron chi connectivity index (χ0n) is 18.4. The molecule has 0 unspecified atom stereocenters. The molecule has 0 aliphatic carbocycles. The van der Waals surface area contributed by atoms with E-state index in [0.29, 0.717) is 28.6 Å². The Balaban J connectivity index is 1.37. The van der Waals surface area contributed by atoms with E-state index >= 15 is 0 Å². The smallest absolute Gasteiger partial charge is 0.284 e. The molecule has 2 aromatic carbocycles. The molecule has 9 heteroatoms. The number of non-ortho nitro benzene ring substituents is 1. The van der Waals surface area contributed by atoms with Gasteiger partial charge in [-0.1, -0.05) is 26.8 Å². The van der Waals surface area contributed by atoms with E-state index in [0.717, 1.165) is 5.56 Å². The maximum atomic E-state index is 12.5. The minimum atomic E-state index is -0.836. The minimum absolute atomic E-state index is 0.000897. The molecular weight excluding hydrogens is 426 g/mol. The topological polar surface area (TPSA) is 116 Å². The van der Waals surface area contributed by atoms with E-state index in [4.69, 9.17) is 13.9 Å². The van der Waals surface area contributed by atoms with Gasteiger partial charge in [0.05, 0.1) is 11.1 Å². The second kappa shape index (κ2) is 8.78. The fourth-order valence-corrected chi connectivity index (χ4v) is 3.22. The summed E-state index contributed by atoms with van der Waals surface area (Å²) in [5.41, 5.74) is 4.14. The van der Waals surface area contributed by atoms with E-state index in [1.54, 1.807) is 24.3 Å². The molecule has 1 aliphatic heterocycles. The molecule has 0 bridgehead atoms. The van der Waals surface area contributed by atoms with Gasteiger partial charge in [-0.25, -0.2) is 5.43 Å². The first-order chi connectivity index (χ1) is 15.7. The second-order valence-electron chi connectivity index (χ2n) is 8.57. The number of nitrogens with zero attached hydrogens (tertiary/aromatic N) is 2. The van der Waals surface area contributed by atoms with Gasteiger partial charge in [0.15, 0.2) is 11.5 Å². The highest BCUT2D eigenvalue weighted by Gasteiger charge is 2.28. The van der Waals surface area contributed by atoms with Gasteiger partial charge >= 0.3 is 0 Å². The van der Waals surface area contributed by atoms with E-state index in [9.17, 15) is 14.9 Å². The monoisotopic (exact) mass is 449 g/mol. The Hall–Kier alpha value is -4.14. The Labute approximate surface area is 190 Å². The molecule has 4 rings (SSSR count). The van der Waals surface area contributed by atoms with Crippen LogP contribution in [0.4, 0.5) is 5.69 Å². The Morgan fingerprint density at radius 1 is 1.12 bits per heavy atom. The number of nitro groups is 1. The van der Waals surface area contributed by atoms with Gasteiger partial charge in [-0.3, -0.25) is 14.9 Å². The number of carbonyl (C=O) groups is 1. The summed E-state index contributed by atoms with van der Waals surface area (Å²) in [7, 11) is 0. The predicted octanol–water partition coefficient (Wildman–Crippen LogP) is 4.44. The van der Waals surface area contributed by atoms with Crippen LogP contribution in [0.5, 0.6) is 11.5 Å². The van der Waals surface area contributed by atoms with Crippen LogP contribution in [0.2, 0.25) is 0 Å². The third-order valence-corrected chi connectivity index (χ3v) is 5.12. The van der Waals surface area contributed by atoms with Gasteiger partial charge in [0.1, 0.15) is 18.1 Å².